The monoisotopic (exact) mass is 316 g/mol. The van der Waals surface area contributed by atoms with E-state index in [0.29, 0.717) is 12.2 Å². The predicted molar refractivity (Wildman–Crippen MR) is 83.3 cm³/mol. The number of alkyl halides is 1. The number of benzene rings is 1. The first-order valence-electron chi connectivity index (χ1n) is 6.94. The summed E-state index contributed by atoms with van der Waals surface area (Å²) in [5.74, 6) is 0. The molecule has 1 heterocycles. The lowest BCUT2D eigenvalue weighted by Crippen LogP contribution is -2.44. The molecule has 2 atom stereocenters. The van der Waals surface area contributed by atoms with E-state index < -0.39 is 10.2 Å². The number of para-hydroxylation sites is 1. The van der Waals surface area contributed by atoms with Crippen LogP contribution < -0.4 is 4.72 Å². The van der Waals surface area contributed by atoms with Crippen LogP contribution in [0.5, 0.6) is 0 Å². The van der Waals surface area contributed by atoms with Crippen molar-refractivity contribution < 1.29 is 8.42 Å². The molecule has 0 bridgehead atoms. The van der Waals surface area contributed by atoms with Crippen LogP contribution in [-0.4, -0.2) is 25.3 Å². The fourth-order valence-corrected chi connectivity index (χ4v) is 4.28. The van der Waals surface area contributed by atoms with Crippen molar-refractivity contribution in [1.29, 1.82) is 0 Å². The van der Waals surface area contributed by atoms with Gasteiger partial charge in [0.2, 0.25) is 0 Å². The second kappa shape index (κ2) is 6.33. The third-order valence-electron chi connectivity index (χ3n) is 3.68. The Bertz CT molecular complexity index is 560. The third kappa shape index (κ3) is 3.45. The summed E-state index contributed by atoms with van der Waals surface area (Å²) >= 11 is 6.10. The smallest absolute Gasteiger partial charge is 0.271 e. The van der Waals surface area contributed by atoms with Gasteiger partial charge in [0.05, 0.1) is 11.1 Å². The van der Waals surface area contributed by atoms with Gasteiger partial charge in [-0.3, -0.25) is 4.72 Å². The lowest BCUT2D eigenvalue weighted by Gasteiger charge is -2.32. The highest BCUT2D eigenvalue weighted by Crippen LogP contribution is 2.29. The molecule has 1 aliphatic heterocycles. The summed E-state index contributed by atoms with van der Waals surface area (Å²) in [6.45, 7) is 4.36. The molecule has 112 valence electrons. The summed E-state index contributed by atoms with van der Waals surface area (Å²) in [4.78, 5) is 0. The highest BCUT2D eigenvalue weighted by molar-refractivity contribution is 7.90. The van der Waals surface area contributed by atoms with Gasteiger partial charge in [0.1, 0.15) is 0 Å². The fraction of sp³-hybridized carbons (Fsp3) is 0.571. The van der Waals surface area contributed by atoms with E-state index in [2.05, 4.69) is 4.72 Å². The van der Waals surface area contributed by atoms with Crippen LogP contribution in [0.3, 0.4) is 0 Å². The van der Waals surface area contributed by atoms with Crippen LogP contribution in [0.2, 0.25) is 0 Å². The van der Waals surface area contributed by atoms with E-state index in [9.17, 15) is 8.42 Å². The molecule has 1 aromatic rings. The number of nitrogens with one attached hydrogen (secondary N) is 1. The summed E-state index contributed by atoms with van der Waals surface area (Å²) in [5, 5.41) is -0.243. The summed E-state index contributed by atoms with van der Waals surface area (Å²) in [6.07, 6.45) is 2.91. The highest BCUT2D eigenvalue weighted by Gasteiger charge is 2.30. The van der Waals surface area contributed by atoms with Crippen LogP contribution in [0.25, 0.3) is 0 Å². The molecule has 0 spiro atoms. The van der Waals surface area contributed by atoms with Gasteiger partial charge in [0.15, 0.2) is 0 Å². The topological polar surface area (TPSA) is 49.4 Å². The van der Waals surface area contributed by atoms with Gasteiger partial charge in [-0.15, -0.1) is 11.6 Å². The molecule has 2 unspecified atom stereocenters. The second-order valence-electron chi connectivity index (χ2n) is 5.27. The molecule has 0 radical (unpaired) electrons. The molecule has 0 aliphatic carbocycles. The minimum atomic E-state index is -3.52. The van der Waals surface area contributed by atoms with Crippen LogP contribution >= 0.6 is 11.6 Å². The zero-order valence-corrected chi connectivity index (χ0v) is 13.4. The van der Waals surface area contributed by atoms with Gasteiger partial charge in [-0.1, -0.05) is 24.6 Å². The zero-order valence-electron chi connectivity index (χ0n) is 11.8. The van der Waals surface area contributed by atoms with Gasteiger partial charge in [-0.05, 0) is 38.3 Å². The molecular formula is C14H21ClN2O2S. The number of hydrogen-bond donors (Lipinski definition) is 1. The normalized spacial score (nSPS) is 22.4. The van der Waals surface area contributed by atoms with Gasteiger partial charge in [0, 0.05) is 12.6 Å². The van der Waals surface area contributed by atoms with Crippen LogP contribution in [-0.2, 0) is 10.2 Å². The van der Waals surface area contributed by atoms with Crippen LogP contribution in [0.4, 0.5) is 5.69 Å². The Hall–Kier alpha value is -0.780. The van der Waals surface area contributed by atoms with E-state index in [-0.39, 0.29) is 11.4 Å². The van der Waals surface area contributed by atoms with Crippen molar-refractivity contribution in [1.82, 2.24) is 4.31 Å². The number of halogens is 1. The Morgan fingerprint density at radius 3 is 2.70 bits per heavy atom. The fourth-order valence-electron chi connectivity index (χ4n) is 2.56. The second-order valence-corrected chi connectivity index (χ2v) is 7.54. The van der Waals surface area contributed by atoms with Crippen molar-refractivity contribution in [2.24, 2.45) is 0 Å². The van der Waals surface area contributed by atoms with Crippen molar-refractivity contribution in [2.75, 3.05) is 11.3 Å². The molecule has 1 aliphatic rings. The minimum absolute atomic E-state index is 0.0434. The maximum Gasteiger partial charge on any atom is 0.301 e. The van der Waals surface area contributed by atoms with Crippen molar-refractivity contribution >= 4 is 27.5 Å². The Morgan fingerprint density at radius 1 is 1.35 bits per heavy atom. The maximum atomic E-state index is 12.5. The largest absolute Gasteiger partial charge is 0.301 e. The molecule has 1 saturated heterocycles. The zero-order chi connectivity index (χ0) is 14.8. The number of hydrogen-bond acceptors (Lipinski definition) is 2. The van der Waals surface area contributed by atoms with E-state index in [1.807, 2.05) is 26.0 Å². The molecule has 6 heteroatoms. The molecule has 2 rings (SSSR count). The summed E-state index contributed by atoms with van der Waals surface area (Å²) in [5.41, 5.74) is 1.36. The summed E-state index contributed by atoms with van der Waals surface area (Å²) in [6, 6.07) is 7.30. The Kier molecular flexibility index (Phi) is 4.94. The average Bonchev–Trinajstić information content (AvgIpc) is 2.39. The van der Waals surface area contributed by atoms with Gasteiger partial charge in [-0.25, -0.2) is 0 Å². The molecule has 1 aromatic carbocycles. The van der Waals surface area contributed by atoms with Crippen LogP contribution in [0, 0.1) is 0 Å². The molecule has 20 heavy (non-hydrogen) atoms. The Labute approximate surface area is 126 Å². The first-order chi connectivity index (χ1) is 9.42. The molecule has 0 saturated carbocycles. The lowest BCUT2D eigenvalue weighted by molar-refractivity contribution is 0.270. The standard InChI is InChI=1S/C14H21ClN2O2S/c1-11-7-5-6-10-17(11)20(18,19)16-14-9-4-3-8-13(14)12(2)15/h3-4,8-9,11-12,16H,5-7,10H2,1-2H3. The number of rotatable bonds is 4. The van der Waals surface area contributed by atoms with Gasteiger partial charge in [-0.2, -0.15) is 12.7 Å². The summed E-state index contributed by atoms with van der Waals surface area (Å²) < 4.78 is 29.3. The van der Waals surface area contributed by atoms with Gasteiger partial charge >= 0.3 is 10.2 Å². The van der Waals surface area contributed by atoms with Gasteiger partial charge < -0.3 is 0 Å². The SMILES string of the molecule is CC(Cl)c1ccccc1NS(=O)(=O)N1CCCCC1C. The first-order valence-corrected chi connectivity index (χ1v) is 8.82. The number of nitrogens with zero attached hydrogens (tertiary/aromatic N) is 1. The van der Waals surface area contributed by atoms with E-state index in [1.54, 1.807) is 16.4 Å². The quantitative estimate of drug-likeness (QED) is 0.864. The maximum absolute atomic E-state index is 12.5. The molecule has 1 N–H and O–H groups in total. The van der Waals surface area contributed by atoms with Crippen molar-refractivity contribution in [3.05, 3.63) is 29.8 Å². The highest BCUT2D eigenvalue weighted by atomic mass is 35.5. The Balaban J connectivity index is 2.24. The third-order valence-corrected chi connectivity index (χ3v) is 5.55. The molecule has 4 nitrogen and oxygen atoms in total. The predicted octanol–water partition coefficient (Wildman–Crippen LogP) is 3.52. The first kappa shape index (κ1) is 15.6. The summed E-state index contributed by atoms with van der Waals surface area (Å²) in [7, 11) is -3.52. The Morgan fingerprint density at radius 2 is 2.05 bits per heavy atom. The van der Waals surface area contributed by atoms with Crippen LogP contribution in [0.15, 0.2) is 24.3 Å². The van der Waals surface area contributed by atoms with Crippen molar-refractivity contribution in [3.8, 4) is 0 Å². The van der Waals surface area contributed by atoms with Crippen molar-refractivity contribution in [2.45, 2.75) is 44.5 Å². The van der Waals surface area contributed by atoms with E-state index in [0.717, 1.165) is 24.8 Å². The van der Waals surface area contributed by atoms with E-state index in [4.69, 9.17) is 11.6 Å². The number of anilines is 1. The molecule has 0 aromatic heterocycles. The molecule has 1 fully saturated rings. The van der Waals surface area contributed by atoms with E-state index >= 15 is 0 Å². The average molecular weight is 317 g/mol. The van der Waals surface area contributed by atoms with Gasteiger partial charge in [0.25, 0.3) is 0 Å². The van der Waals surface area contributed by atoms with Crippen LogP contribution in [0.1, 0.15) is 44.1 Å². The molecule has 0 amide bonds. The molecular weight excluding hydrogens is 296 g/mol. The number of piperidine rings is 1. The van der Waals surface area contributed by atoms with E-state index in [1.165, 1.54) is 0 Å². The lowest BCUT2D eigenvalue weighted by atomic mass is 10.1. The van der Waals surface area contributed by atoms with Crippen molar-refractivity contribution in [3.63, 3.8) is 0 Å². The minimum Gasteiger partial charge on any atom is -0.271 e.